The van der Waals surface area contributed by atoms with Crippen LogP contribution in [0.4, 0.5) is 0 Å². The first-order valence-electron chi connectivity index (χ1n) is 6.61. The summed E-state index contributed by atoms with van der Waals surface area (Å²) in [7, 11) is 1.50. The molecule has 3 heteroatoms. The molecule has 3 nitrogen and oxygen atoms in total. The molecule has 0 amide bonds. The zero-order chi connectivity index (χ0) is 11.8. The molecule has 1 saturated heterocycles. The molecule has 0 spiro atoms. The second-order valence-corrected chi connectivity index (χ2v) is 4.73. The largest absolute Gasteiger partial charge is 0.333 e. The van der Waals surface area contributed by atoms with E-state index in [1.807, 2.05) is 0 Å². The van der Waals surface area contributed by atoms with E-state index in [9.17, 15) is 0 Å². The van der Waals surface area contributed by atoms with E-state index in [1.54, 1.807) is 0 Å². The predicted octanol–water partition coefficient (Wildman–Crippen LogP) is 2.13. The summed E-state index contributed by atoms with van der Waals surface area (Å²) in [5.41, 5.74) is 4.50. The van der Waals surface area contributed by atoms with Crippen LogP contribution >= 0.6 is 0 Å². The predicted molar refractivity (Wildman–Crippen MR) is 66.9 cm³/mol. The molecule has 0 radical (unpaired) electrons. The standard InChI is InChI=1S/C12H20N2.CH5N/c13-10-11-6-8-14(9-7-11)12-4-2-1-3-5-12;1-2/h11-12H,1-9H2;2H2,1H3. The van der Waals surface area contributed by atoms with Gasteiger partial charge in [-0.05, 0) is 45.8 Å². The summed E-state index contributed by atoms with van der Waals surface area (Å²) in [5.74, 6) is 0.342. The van der Waals surface area contributed by atoms with Crippen molar-refractivity contribution in [1.82, 2.24) is 4.90 Å². The highest BCUT2D eigenvalue weighted by molar-refractivity contribution is 4.89. The molecule has 1 aliphatic heterocycles. The zero-order valence-electron chi connectivity index (χ0n) is 10.5. The minimum atomic E-state index is 0.342. The Balaban J connectivity index is 0.000000606. The van der Waals surface area contributed by atoms with Crippen molar-refractivity contribution < 1.29 is 0 Å². The Bertz CT molecular complexity index is 208. The van der Waals surface area contributed by atoms with Crippen molar-refractivity contribution in [1.29, 1.82) is 5.26 Å². The fourth-order valence-electron chi connectivity index (χ4n) is 2.84. The van der Waals surface area contributed by atoms with Crippen molar-refractivity contribution in [2.75, 3.05) is 20.1 Å². The summed E-state index contributed by atoms with van der Waals surface area (Å²) >= 11 is 0. The van der Waals surface area contributed by atoms with Crippen molar-refractivity contribution in [3.8, 4) is 6.07 Å². The highest BCUT2D eigenvalue weighted by Gasteiger charge is 2.25. The van der Waals surface area contributed by atoms with Crippen molar-refractivity contribution >= 4 is 0 Å². The molecule has 16 heavy (non-hydrogen) atoms. The average molecular weight is 223 g/mol. The van der Waals surface area contributed by atoms with E-state index in [2.05, 4.69) is 16.7 Å². The number of hydrogen-bond donors (Lipinski definition) is 1. The van der Waals surface area contributed by atoms with Crippen molar-refractivity contribution in [3.63, 3.8) is 0 Å². The third kappa shape index (κ3) is 3.77. The van der Waals surface area contributed by atoms with Crippen LogP contribution < -0.4 is 5.73 Å². The highest BCUT2D eigenvalue weighted by atomic mass is 15.2. The van der Waals surface area contributed by atoms with Gasteiger partial charge >= 0.3 is 0 Å². The molecule has 2 fully saturated rings. The Kier molecular flexibility index (Phi) is 6.44. The molecule has 92 valence electrons. The normalized spacial score (nSPS) is 24.3. The molecular formula is C13H25N3. The molecule has 0 aromatic carbocycles. The van der Waals surface area contributed by atoms with E-state index in [4.69, 9.17) is 5.26 Å². The maximum atomic E-state index is 8.82. The second-order valence-electron chi connectivity index (χ2n) is 4.73. The molecule has 2 N–H and O–H groups in total. The van der Waals surface area contributed by atoms with E-state index < -0.39 is 0 Å². The average Bonchev–Trinajstić information content (AvgIpc) is 2.42. The lowest BCUT2D eigenvalue weighted by atomic mass is 9.91. The van der Waals surface area contributed by atoms with Crippen LogP contribution in [0.15, 0.2) is 0 Å². The third-order valence-electron chi connectivity index (χ3n) is 3.80. The third-order valence-corrected chi connectivity index (χ3v) is 3.80. The number of nitrogens with two attached hydrogens (primary N) is 1. The van der Waals surface area contributed by atoms with E-state index in [1.165, 1.54) is 52.2 Å². The van der Waals surface area contributed by atoms with Crippen molar-refractivity contribution in [2.45, 2.75) is 51.0 Å². The Morgan fingerprint density at radius 2 is 1.56 bits per heavy atom. The summed E-state index contributed by atoms with van der Waals surface area (Å²) in [6.45, 7) is 2.34. The summed E-state index contributed by atoms with van der Waals surface area (Å²) < 4.78 is 0. The van der Waals surface area contributed by atoms with E-state index in [-0.39, 0.29) is 0 Å². The van der Waals surface area contributed by atoms with Gasteiger partial charge in [-0.25, -0.2) is 0 Å². The molecule has 1 saturated carbocycles. The second kappa shape index (κ2) is 7.65. The highest BCUT2D eigenvalue weighted by Crippen LogP contribution is 2.26. The van der Waals surface area contributed by atoms with Gasteiger partial charge < -0.3 is 10.6 Å². The Morgan fingerprint density at radius 1 is 1.00 bits per heavy atom. The van der Waals surface area contributed by atoms with Crippen molar-refractivity contribution in [3.05, 3.63) is 0 Å². The minimum Gasteiger partial charge on any atom is -0.333 e. The summed E-state index contributed by atoms with van der Waals surface area (Å²) in [6, 6.07) is 3.25. The van der Waals surface area contributed by atoms with Gasteiger partial charge in [-0.2, -0.15) is 5.26 Å². The summed E-state index contributed by atoms with van der Waals surface area (Å²) in [6.07, 6.45) is 9.28. The van der Waals surface area contributed by atoms with Crippen molar-refractivity contribution in [2.24, 2.45) is 11.7 Å². The Labute approximate surface area is 99.6 Å². The number of hydrogen-bond acceptors (Lipinski definition) is 3. The molecule has 2 aliphatic rings. The molecule has 2 rings (SSSR count). The van der Waals surface area contributed by atoms with Crippen LogP contribution in [0.2, 0.25) is 0 Å². The number of piperidine rings is 1. The molecule has 1 aliphatic carbocycles. The monoisotopic (exact) mass is 223 g/mol. The van der Waals surface area contributed by atoms with E-state index in [0.29, 0.717) is 5.92 Å². The lowest BCUT2D eigenvalue weighted by Gasteiger charge is -2.37. The Morgan fingerprint density at radius 3 is 2.06 bits per heavy atom. The smallest absolute Gasteiger partial charge is 0.0656 e. The molecule has 0 atom stereocenters. The zero-order valence-corrected chi connectivity index (χ0v) is 10.5. The summed E-state index contributed by atoms with van der Waals surface area (Å²) in [5, 5.41) is 8.82. The summed E-state index contributed by atoms with van der Waals surface area (Å²) in [4.78, 5) is 2.63. The van der Waals surface area contributed by atoms with Gasteiger partial charge in [0.15, 0.2) is 0 Å². The topological polar surface area (TPSA) is 53.1 Å². The molecule has 0 aromatic heterocycles. The molecule has 0 unspecified atom stereocenters. The quantitative estimate of drug-likeness (QED) is 0.741. The van der Waals surface area contributed by atoms with Crippen LogP contribution in [0.1, 0.15) is 44.9 Å². The van der Waals surface area contributed by atoms with Crippen LogP contribution in [0.25, 0.3) is 0 Å². The molecule has 1 heterocycles. The van der Waals surface area contributed by atoms with Gasteiger partial charge in [0.2, 0.25) is 0 Å². The minimum absolute atomic E-state index is 0.342. The first-order valence-corrected chi connectivity index (χ1v) is 6.61. The number of rotatable bonds is 1. The van der Waals surface area contributed by atoms with E-state index >= 15 is 0 Å². The molecule has 0 aromatic rings. The number of likely N-dealkylation sites (tertiary alicyclic amines) is 1. The van der Waals surface area contributed by atoms with Gasteiger partial charge in [0.05, 0.1) is 6.07 Å². The maximum absolute atomic E-state index is 8.82. The van der Waals surface area contributed by atoms with Crippen LogP contribution in [0.3, 0.4) is 0 Å². The maximum Gasteiger partial charge on any atom is 0.0656 e. The SMILES string of the molecule is CN.N#CC1CCN(C2CCCCC2)CC1. The van der Waals surface area contributed by atoms with Crippen LogP contribution in [0, 0.1) is 17.2 Å². The Hall–Kier alpha value is -0.590. The molecule has 0 bridgehead atoms. The molecular weight excluding hydrogens is 198 g/mol. The fourth-order valence-corrected chi connectivity index (χ4v) is 2.84. The van der Waals surface area contributed by atoms with Gasteiger partial charge in [-0.3, -0.25) is 0 Å². The van der Waals surface area contributed by atoms with Crippen LogP contribution in [-0.2, 0) is 0 Å². The van der Waals surface area contributed by atoms with Gasteiger partial charge in [0.25, 0.3) is 0 Å². The first-order chi connectivity index (χ1) is 7.90. The van der Waals surface area contributed by atoms with E-state index in [0.717, 1.165) is 18.9 Å². The van der Waals surface area contributed by atoms with Gasteiger partial charge in [-0.1, -0.05) is 19.3 Å². The van der Waals surface area contributed by atoms with Gasteiger partial charge in [0, 0.05) is 12.0 Å². The van der Waals surface area contributed by atoms with Crippen LogP contribution in [0.5, 0.6) is 0 Å². The number of nitriles is 1. The first kappa shape index (κ1) is 13.5. The lowest BCUT2D eigenvalue weighted by Crippen LogP contribution is -2.42. The van der Waals surface area contributed by atoms with Gasteiger partial charge in [0.1, 0.15) is 0 Å². The van der Waals surface area contributed by atoms with Gasteiger partial charge in [-0.15, -0.1) is 0 Å². The fraction of sp³-hybridized carbons (Fsp3) is 0.923. The van der Waals surface area contributed by atoms with Crippen LogP contribution in [-0.4, -0.2) is 31.1 Å². The lowest BCUT2D eigenvalue weighted by molar-refractivity contribution is 0.118. The number of nitrogens with zero attached hydrogens (tertiary/aromatic N) is 2.